The van der Waals surface area contributed by atoms with Crippen molar-refractivity contribution in [2.24, 2.45) is 5.92 Å². The van der Waals surface area contributed by atoms with Crippen LogP contribution >= 0.6 is 0 Å². The average molecular weight is 315 g/mol. The van der Waals surface area contributed by atoms with Gasteiger partial charge in [0.05, 0.1) is 6.07 Å². The molecule has 0 radical (unpaired) electrons. The Morgan fingerprint density at radius 2 is 1.96 bits per heavy atom. The maximum atomic E-state index is 12.0. The van der Waals surface area contributed by atoms with E-state index < -0.39 is 0 Å². The van der Waals surface area contributed by atoms with Gasteiger partial charge in [-0.15, -0.1) is 0 Å². The Kier molecular flexibility index (Phi) is 6.57. The fourth-order valence-electron chi connectivity index (χ4n) is 2.54. The number of hydrogen-bond donors (Lipinski definition) is 2. The number of ether oxygens (including phenoxy) is 1. The molecule has 23 heavy (non-hydrogen) atoms. The van der Waals surface area contributed by atoms with Crippen molar-refractivity contribution in [3.63, 3.8) is 0 Å². The van der Waals surface area contributed by atoms with Gasteiger partial charge in [0.25, 0.3) is 0 Å². The highest BCUT2D eigenvalue weighted by molar-refractivity contribution is 5.92. The molecule has 1 aromatic rings. The van der Waals surface area contributed by atoms with Gasteiger partial charge in [-0.05, 0) is 30.4 Å². The highest BCUT2D eigenvalue weighted by atomic mass is 16.5. The molecule has 6 nitrogen and oxygen atoms in total. The van der Waals surface area contributed by atoms with Gasteiger partial charge in [-0.1, -0.05) is 18.2 Å². The molecule has 1 aliphatic heterocycles. The molecule has 2 amide bonds. The second kappa shape index (κ2) is 8.91. The number of carbonyl (C=O) groups is 2. The Balaban J connectivity index is 1.86. The Labute approximate surface area is 135 Å². The van der Waals surface area contributed by atoms with E-state index >= 15 is 0 Å². The number of para-hydroxylation sites is 1. The minimum atomic E-state index is -0.353. The van der Waals surface area contributed by atoms with Gasteiger partial charge in [0.15, 0.2) is 0 Å². The van der Waals surface area contributed by atoms with Crippen molar-refractivity contribution in [3.05, 3.63) is 29.8 Å². The summed E-state index contributed by atoms with van der Waals surface area (Å²) in [5, 5.41) is 14.1. The monoisotopic (exact) mass is 315 g/mol. The minimum absolute atomic E-state index is 0.00931. The van der Waals surface area contributed by atoms with Crippen molar-refractivity contribution < 1.29 is 14.3 Å². The van der Waals surface area contributed by atoms with Gasteiger partial charge >= 0.3 is 0 Å². The summed E-state index contributed by atoms with van der Waals surface area (Å²) in [5.41, 5.74) is 1.44. The maximum absolute atomic E-state index is 12.0. The van der Waals surface area contributed by atoms with E-state index in [-0.39, 0.29) is 18.2 Å². The number of nitriles is 1. The second-order valence-electron chi connectivity index (χ2n) is 5.58. The van der Waals surface area contributed by atoms with Gasteiger partial charge in [-0.3, -0.25) is 9.59 Å². The first kappa shape index (κ1) is 17.0. The zero-order chi connectivity index (χ0) is 16.5. The minimum Gasteiger partial charge on any atom is -0.381 e. The fourth-order valence-corrected chi connectivity index (χ4v) is 2.54. The summed E-state index contributed by atoms with van der Waals surface area (Å²) in [4.78, 5) is 23.6. The smallest absolute Gasteiger partial charge is 0.238 e. The number of hydrogen-bond acceptors (Lipinski definition) is 4. The molecule has 0 aliphatic carbocycles. The van der Waals surface area contributed by atoms with Crippen LogP contribution in [0.3, 0.4) is 0 Å². The number of nitrogens with zero attached hydrogens (tertiary/aromatic N) is 1. The number of nitrogens with one attached hydrogen (secondary N) is 2. The topological polar surface area (TPSA) is 91.2 Å². The van der Waals surface area contributed by atoms with Crippen molar-refractivity contribution in [2.45, 2.75) is 32.2 Å². The predicted octanol–water partition coefficient (Wildman–Crippen LogP) is 1.97. The summed E-state index contributed by atoms with van der Waals surface area (Å²) in [6.07, 6.45) is 2.17. The first-order valence-corrected chi connectivity index (χ1v) is 7.78. The quantitative estimate of drug-likeness (QED) is 0.839. The lowest BCUT2D eigenvalue weighted by atomic mass is 9.96. The third-order valence-electron chi connectivity index (χ3n) is 3.82. The van der Waals surface area contributed by atoms with Crippen molar-refractivity contribution in [2.75, 3.05) is 18.5 Å². The normalized spacial score (nSPS) is 14.7. The van der Waals surface area contributed by atoms with Crippen LogP contribution in [0.15, 0.2) is 24.3 Å². The lowest BCUT2D eigenvalue weighted by molar-refractivity contribution is -0.122. The van der Waals surface area contributed by atoms with Crippen molar-refractivity contribution >= 4 is 17.5 Å². The average Bonchev–Trinajstić information content (AvgIpc) is 2.55. The fraction of sp³-hybridized carbons (Fsp3) is 0.471. The molecule has 1 aromatic carbocycles. The summed E-state index contributed by atoms with van der Waals surface area (Å²) in [6.45, 7) is 1.81. The molecule has 0 bridgehead atoms. The van der Waals surface area contributed by atoms with E-state index in [9.17, 15) is 9.59 Å². The Morgan fingerprint density at radius 3 is 2.70 bits per heavy atom. The molecular formula is C17H21N3O3. The lowest BCUT2D eigenvalue weighted by Crippen LogP contribution is -2.28. The Bertz CT molecular complexity index is 589. The van der Waals surface area contributed by atoms with Crippen molar-refractivity contribution in [1.82, 2.24) is 5.32 Å². The maximum Gasteiger partial charge on any atom is 0.238 e. The van der Waals surface area contributed by atoms with E-state index in [2.05, 4.69) is 10.6 Å². The molecule has 0 spiro atoms. The summed E-state index contributed by atoms with van der Waals surface area (Å²) in [7, 11) is 0. The standard InChI is InChI=1S/C17H21N3O3/c18-8-5-16(21)20-15-4-2-1-3-14(15)12-19-17(22)11-13-6-9-23-10-7-13/h1-4,13H,5-7,9-12H2,(H,19,22)(H,20,21). The van der Waals surface area contributed by atoms with Crippen LogP contribution < -0.4 is 10.6 Å². The summed E-state index contributed by atoms with van der Waals surface area (Å²) in [6, 6.07) is 9.06. The largest absolute Gasteiger partial charge is 0.381 e. The first-order chi connectivity index (χ1) is 11.2. The van der Waals surface area contributed by atoms with Crippen LogP contribution in [0.5, 0.6) is 0 Å². The number of rotatable bonds is 6. The highest BCUT2D eigenvalue weighted by Crippen LogP contribution is 2.19. The Morgan fingerprint density at radius 1 is 1.22 bits per heavy atom. The highest BCUT2D eigenvalue weighted by Gasteiger charge is 2.17. The van der Waals surface area contributed by atoms with Gasteiger partial charge in [0.2, 0.25) is 11.8 Å². The van der Waals surface area contributed by atoms with E-state index in [1.165, 1.54) is 0 Å². The number of anilines is 1. The molecule has 1 heterocycles. The van der Waals surface area contributed by atoms with Crippen molar-refractivity contribution in [1.29, 1.82) is 5.26 Å². The number of carbonyl (C=O) groups excluding carboxylic acids is 2. The van der Waals surface area contributed by atoms with Crippen LogP contribution in [0, 0.1) is 17.2 Å². The SMILES string of the molecule is N#CCC(=O)Nc1ccccc1CNC(=O)CC1CCOCC1. The third kappa shape index (κ3) is 5.72. The van der Waals surface area contributed by atoms with E-state index in [1.807, 2.05) is 18.2 Å². The lowest BCUT2D eigenvalue weighted by Gasteiger charge is -2.21. The molecule has 6 heteroatoms. The van der Waals surface area contributed by atoms with Crippen LogP contribution in [-0.2, 0) is 20.9 Å². The zero-order valence-electron chi connectivity index (χ0n) is 13.0. The zero-order valence-corrected chi connectivity index (χ0v) is 13.0. The second-order valence-corrected chi connectivity index (χ2v) is 5.58. The van der Waals surface area contributed by atoms with Gasteiger partial charge in [-0.25, -0.2) is 0 Å². The third-order valence-corrected chi connectivity index (χ3v) is 3.82. The van der Waals surface area contributed by atoms with E-state index in [4.69, 9.17) is 10.00 Å². The molecule has 0 aromatic heterocycles. The van der Waals surface area contributed by atoms with Gasteiger partial charge < -0.3 is 15.4 Å². The molecule has 1 saturated heterocycles. The summed E-state index contributed by atoms with van der Waals surface area (Å²) < 4.78 is 5.29. The van der Waals surface area contributed by atoms with Crippen LogP contribution in [0.25, 0.3) is 0 Å². The van der Waals surface area contributed by atoms with Crippen LogP contribution in [0.4, 0.5) is 5.69 Å². The van der Waals surface area contributed by atoms with Crippen LogP contribution in [0.1, 0.15) is 31.2 Å². The predicted molar refractivity (Wildman–Crippen MR) is 85.3 cm³/mol. The van der Waals surface area contributed by atoms with Gasteiger partial charge in [0, 0.05) is 31.9 Å². The van der Waals surface area contributed by atoms with Crippen LogP contribution in [-0.4, -0.2) is 25.0 Å². The first-order valence-electron chi connectivity index (χ1n) is 7.78. The molecule has 1 fully saturated rings. The number of amides is 2. The van der Waals surface area contributed by atoms with E-state index in [0.29, 0.717) is 24.6 Å². The molecule has 2 N–H and O–H groups in total. The Hall–Kier alpha value is -2.39. The summed E-state index contributed by atoms with van der Waals surface area (Å²) >= 11 is 0. The molecule has 2 rings (SSSR count). The van der Waals surface area contributed by atoms with Gasteiger partial charge in [0.1, 0.15) is 6.42 Å². The van der Waals surface area contributed by atoms with Gasteiger partial charge in [-0.2, -0.15) is 5.26 Å². The van der Waals surface area contributed by atoms with E-state index in [1.54, 1.807) is 12.1 Å². The van der Waals surface area contributed by atoms with E-state index in [0.717, 1.165) is 31.6 Å². The van der Waals surface area contributed by atoms with Crippen LogP contribution in [0.2, 0.25) is 0 Å². The molecule has 122 valence electrons. The molecular weight excluding hydrogens is 294 g/mol. The summed E-state index contributed by atoms with van der Waals surface area (Å²) in [5.74, 6) is 0.0397. The molecule has 0 atom stereocenters. The molecule has 0 saturated carbocycles. The number of benzene rings is 1. The van der Waals surface area contributed by atoms with Crippen molar-refractivity contribution in [3.8, 4) is 6.07 Å². The molecule has 1 aliphatic rings. The molecule has 0 unspecified atom stereocenters.